The summed E-state index contributed by atoms with van der Waals surface area (Å²) in [5, 5.41) is 14.9. The topological polar surface area (TPSA) is 82.7 Å². The molecule has 0 radical (unpaired) electrons. The molecule has 1 amide bonds. The van der Waals surface area contributed by atoms with Gasteiger partial charge in [-0.1, -0.05) is 11.6 Å². The van der Waals surface area contributed by atoms with Crippen LogP contribution in [0.25, 0.3) is 10.2 Å². The molecule has 1 aliphatic rings. The van der Waals surface area contributed by atoms with Crippen molar-refractivity contribution in [3.05, 3.63) is 45.7 Å². The number of rotatable bonds is 4. The zero-order valence-electron chi connectivity index (χ0n) is 13.5. The number of nitrogens with one attached hydrogen (secondary N) is 3. The van der Waals surface area contributed by atoms with Gasteiger partial charge in [0.1, 0.15) is 5.01 Å². The largest absolute Gasteiger partial charge is 0.345 e. The van der Waals surface area contributed by atoms with Crippen LogP contribution in [0.15, 0.2) is 24.4 Å². The number of carbonyl (C=O) groups excluding carboxylic acids is 1. The fraction of sp³-hybridized carbons (Fsp3) is 0.353. The van der Waals surface area contributed by atoms with Crippen LogP contribution in [0.5, 0.6) is 0 Å². The highest BCUT2D eigenvalue weighted by Gasteiger charge is 2.23. The Labute approximate surface area is 154 Å². The normalized spacial score (nSPS) is 17.7. The lowest BCUT2D eigenvalue weighted by atomic mass is 9.93. The van der Waals surface area contributed by atoms with Crippen LogP contribution in [-0.4, -0.2) is 34.2 Å². The van der Waals surface area contributed by atoms with Gasteiger partial charge in [0, 0.05) is 17.5 Å². The summed E-state index contributed by atoms with van der Waals surface area (Å²) in [6, 6.07) is 5.63. The minimum atomic E-state index is -0.119. The number of hydrogen-bond donors (Lipinski definition) is 3. The molecule has 1 unspecified atom stereocenters. The van der Waals surface area contributed by atoms with Crippen LogP contribution in [0.4, 0.5) is 0 Å². The minimum Gasteiger partial charge on any atom is -0.345 e. The second-order valence-corrected chi connectivity index (χ2v) is 7.69. The summed E-state index contributed by atoms with van der Waals surface area (Å²) < 4.78 is 1.06. The standard InChI is InChI=1S/C17H18ClN5OS/c18-11-3-4-14-13(6-11)22-15(25-14)9-20-17(24)12-8-21-23-16(12)10-2-1-5-19-7-10/h3-4,6,8,10,19H,1-2,5,7,9H2,(H,20,24)(H,21,23). The SMILES string of the molecule is O=C(NCc1nc2cc(Cl)ccc2s1)c1cn[nH]c1C1CCCNC1. The predicted molar refractivity (Wildman–Crippen MR) is 99.2 cm³/mol. The van der Waals surface area contributed by atoms with E-state index in [1.165, 1.54) is 0 Å². The average molecular weight is 376 g/mol. The number of halogens is 1. The summed E-state index contributed by atoms with van der Waals surface area (Å²) in [7, 11) is 0. The van der Waals surface area contributed by atoms with Crippen molar-refractivity contribution in [3.63, 3.8) is 0 Å². The molecule has 1 aromatic carbocycles. The Kier molecular flexibility index (Phi) is 4.70. The highest BCUT2D eigenvalue weighted by molar-refractivity contribution is 7.18. The number of hydrogen-bond acceptors (Lipinski definition) is 5. The molecular weight excluding hydrogens is 358 g/mol. The molecule has 130 valence electrons. The van der Waals surface area contributed by atoms with Crippen LogP contribution in [-0.2, 0) is 6.54 Å². The van der Waals surface area contributed by atoms with Gasteiger partial charge in [-0.05, 0) is 37.6 Å². The van der Waals surface area contributed by atoms with E-state index in [-0.39, 0.29) is 5.91 Å². The van der Waals surface area contributed by atoms with Crippen molar-refractivity contribution in [2.24, 2.45) is 0 Å². The third kappa shape index (κ3) is 3.53. The molecule has 2 aromatic heterocycles. The molecule has 1 atom stereocenters. The van der Waals surface area contributed by atoms with Crippen molar-refractivity contribution in [1.29, 1.82) is 0 Å². The molecule has 0 bridgehead atoms. The van der Waals surface area contributed by atoms with E-state index >= 15 is 0 Å². The number of amides is 1. The van der Waals surface area contributed by atoms with E-state index in [0.29, 0.717) is 23.0 Å². The quantitative estimate of drug-likeness (QED) is 0.654. The Morgan fingerprint density at radius 1 is 1.44 bits per heavy atom. The maximum absolute atomic E-state index is 12.6. The first-order valence-electron chi connectivity index (χ1n) is 8.28. The Balaban J connectivity index is 1.46. The highest BCUT2D eigenvalue weighted by Crippen LogP contribution is 2.26. The van der Waals surface area contributed by atoms with Crippen molar-refractivity contribution < 1.29 is 4.79 Å². The van der Waals surface area contributed by atoms with Gasteiger partial charge >= 0.3 is 0 Å². The van der Waals surface area contributed by atoms with Crippen molar-refractivity contribution in [1.82, 2.24) is 25.8 Å². The van der Waals surface area contributed by atoms with Gasteiger partial charge in [0.15, 0.2) is 0 Å². The Hall–Kier alpha value is -1.96. The maximum atomic E-state index is 12.6. The van der Waals surface area contributed by atoms with Crippen LogP contribution in [0.3, 0.4) is 0 Å². The van der Waals surface area contributed by atoms with E-state index in [2.05, 4.69) is 25.8 Å². The molecule has 6 nitrogen and oxygen atoms in total. The molecule has 3 heterocycles. The number of thiazole rings is 1. The summed E-state index contributed by atoms with van der Waals surface area (Å²) in [5.74, 6) is 0.188. The lowest BCUT2D eigenvalue weighted by Crippen LogP contribution is -2.30. The molecule has 25 heavy (non-hydrogen) atoms. The molecule has 0 spiro atoms. The number of carbonyl (C=O) groups is 1. The number of aromatic nitrogens is 3. The Morgan fingerprint density at radius 3 is 3.20 bits per heavy atom. The van der Waals surface area contributed by atoms with Gasteiger partial charge in [-0.25, -0.2) is 4.98 Å². The van der Waals surface area contributed by atoms with Crippen LogP contribution in [0.2, 0.25) is 5.02 Å². The smallest absolute Gasteiger partial charge is 0.255 e. The van der Waals surface area contributed by atoms with Gasteiger partial charge in [-0.2, -0.15) is 5.10 Å². The van der Waals surface area contributed by atoms with Gasteiger partial charge in [-0.3, -0.25) is 9.89 Å². The summed E-state index contributed by atoms with van der Waals surface area (Å²) >= 11 is 7.55. The Morgan fingerprint density at radius 2 is 2.36 bits per heavy atom. The molecular formula is C17H18ClN5OS. The first-order valence-corrected chi connectivity index (χ1v) is 9.47. The molecule has 0 saturated carbocycles. The van der Waals surface area contributed by atoms with Crippen molar-refractivity contribution in [2.45, 2.75) is 25.3 Å². The van der Waals surface area contributed by atoms with Gasteiger partial charge in [0.25, 0.3) is 5.91 Å². The molecule has 1 aliphatic heterocycles. The van der Waals surface area contributed by atoms with Crippen LogP contribution >= 0.6 is 22.9 Å². The van der Waals surface area contributed by atoms with Crippen LogP contribution in [0.1, 0.15) is 39.8 Å². The first-order chi connectivity index (χ1) is 12.2. The van der Waals surface area contributed by atoms with E-state index < -0.39 is 0 Å². The van der Waals surface area contributed by atoms with Crippen molar-refractivity contribution in [3.8, 4) is 0 Å². The van der Waals surface area contributed by atoms with Gasteiger partial charge in [0.2, 0.25) is 0 Å². The van der Waals surface area contributed by atoms with E-state index in [9.17, 15) is 4.79 Å². The number of piperidine rings is 1. The van der Waals surface area contributed by atoms with Crippen LogP contribution in [0, 0.1) is 0 Å². The zero-order valence-corrected chi connectivity index (χ0v) is 15.1. The number of benzene rings is 1. The summed E-state index contributed by atoms with van der Waals surface area (Å²) in [5.41, 5.74) is 2.40. The molecule has 3 aromatic rings. The van der Waals surface area contributed by atoms with E-state index in [4.69, 9.17) is 11.6 Å². The Bertz CT molecular complexity index is 899. The third-order valence-corrected chi connectivity index (χ3v) is 5.68. The van der Waals surface area contributed by atoms with Gasteiger partial charge in [0.05, 0.1) is 34.2 Å². The van der Waals surface area contributed by atoms with Gasteiger partial charge in [-0.15, -0.1) is 11.3 Å². The summed E-state index contributed by atoms with van der Waals surface area (Å²) in [6.45, 7) is 2.30. The van der Waals surface area contributed by atoms with Crippen molar-refractivity contribution in [2.75, 3.05) is 13.1 Å². The lowest BCUT2D eigenvalue weighted by Gasteiger charge is -2.22. The van der Waals surface area contributed by atoms with E-state index in [1.54, 1.807) is 17.5 Å². The van der Waals surface area contributed by atoms with E-state index in [0.717, 1.165) is 46.8 Å². The monoisotopic (exact) mass is 375 g/mol. The fourth-order valence-electron chi connectivity index (χ4n) is 3.16. The molecule has 1 fully saturated rings. The predicted octanol–water partition coefficient (Wildman–Crippen LogP) is 3.07. The first kappa shape index (κ1) is 16.5. The molecule has 1 saturated heterocycles. The van der Waals surface area contributed by atoms with Gasteiger partial charge < -0.3 is 10.6 Å². The molecule has 0 aliphatic carbocycles. The summed E-state index contributed by atoms with van der Waals surface area (Å²) in [6.07, 6.45) is 3.78. The maximum Gasteiger partial charge on any atom is 0.255 e. The van der Waals surface area contributed by atoms with Crippen molar-refractivity contribution >= 4 is 39.1 Å². The highest BCUT2D eigenvalue weighted by atomic mass is 35.5. The average Bonchev–Trinajstić information content (AvgIpc) is 3.26. The zero-order chi connectivity index (χ0) is 17.2. The number of nitrogens with zero attached hydrogens (tertiary/aromatic N) is 2. The second-order valence-electron chi connectivity index (χ2n) is 6.14. The number of H-pyrrole nitrogens is 1. The molecule has 3 N–H and O–H groups in total. The molecule has 4 rings (SSSR count). The fourth-order valence-corrected chi connectivity index (χ4v) is 4.22. The second kappa shape index (κ2) is 7.11. The minimum absolute atomic E-state index is 0.119. The number of fused-ring (bicyclic) bond motifs is 1. The summed E-state index contributed by atoms with van der Waals surface area (Å²) in [4.78, 5) is 17.1. The van der Waals surface area contributed by atoms with E-state index in [1.807, 2.05) is 18.2 Å². The van der Waals surface area contributed by atoms with Crippen LogP contribution < -0.4 is 10.6 Å². The molecule has 8 heteroatoms. The lowest BCUT2D eigenvalue weighted by molar-refractivity contribution is 0.0949. The third-order valence-electron chi connectivity index (χ3n) is 4.41. The number of aromatic amines is 1.